The highest BCUT2D eigenvalue weighted by atomic mass is 15.4. The second-order valence-corrected chi connectivity index (χ2v) is 2.71. The molecule has 0 radical (unpaired) electrons. The number of hydrazine groups is 1. The van der Waals surface area contributed by atoms with E-state index in [-0.39, 0.29) is 0 Å². The van der Waals surface area contributed by atoms with Crippen molar-refractivity contribution in [2.24, 2.45) is 10.8 Å². The van der Waals surface area contributed by atoms with Gasteiger partial charge >= 0.3 is 0 Å². The Hall–Kier alpha value is -1.55. The van der Waals surface area contributed by atoms with Gasteiger partial charge in [0, 0.05) is 11.9 Å². The molecule has 0 amide bonds. The van der Waals surface area contributed by atoms with Gasteiger partial charge in [-0.25, -0.2) is 5.84 Å². The Balaban J connectivity index is 2.55. The quantitative estimate of drug-likeness (QED) is 0.435. The van der Waals surface area contributed by atoms with Gasteiger partial charge in [-0.05, 0) is 18.2 Å². The normalized spacial score (nSPS) is 14.6. The molecule has 0 saturated heterocycles. The van der Waals surface area contributed by atoms with Gasteiger partial charge < -0.3 is 10.7 Å². The van der Waals surface area contributed by atoms with Crippen molar-refractivity contribution in [1.82, 2.24) is 0 Å². The van der Waals surface area contributed by atoms with Crippen LogP contribution in [-0.4, -0.2) is 12.8 Å². The summed E-state index contributed by atoms with van der Waals surface area (Å²) in [6.07, 6.45) is 1.77. The minimum absolute atomic E-state index is 0.650. The molecule has 0 aromatic heterocycles. The lowest BCUT2D eigenvalue weighted by Gasteiger charge is -2.21. The first kappa shape index (κ1) is 7.12. The van der Waals surface area contributed by atoms with Gasteiger partial charge in [-0.1, -0.05) is 0 Å². The van der Waals surface area contributed by atoms with E-state index < -0.39 is 0 Å². The molecule has 0 atom stereocenters. The SMILES string of the molecule is Nc1ccc2c(c1)N=CCN2N. The molecule has 1 aliphatic heterocycles. The summed E-state index contributed by atoms with van der Waals surface area (Å²) in [6.45, 7) is 0.650. The Labute approximate surface area is 70.5 Å². The van der Waals surface area contributed by atoms with Crippen molar-refractivity contribution in [2.45, 2.75) is 0 Å². The Morgan fingerprint density at radius 2 is 2.25 bits per heavy atom. The molecule has 0 unspecified atom stereocenters. The lowest BCUT2D eigenvalue weighted by atomic mass is 10.2. The van der Waals surface area contributed by atoms with Gasteiger partial charge in [0.05, 0.1) is 17.9 Å². The number of fused-ring (bicyclic) bond motifs is 1. The topological polar surface area (TPSA) is 67.6 Å². The second kappa shape index (κ2) is 2.49. The van der Waals surface area contributed by atoms with Gasteiger partial charge in [0.25, 0.3) is 0 Å². The molecule has 62 valence electrons. The molecular weight excluding hydrogens is 152 g/mol. The number of anilines is 2. The summed E-state index contributed by atoms with van der Waals surface area (Å²) < 4.78 is 0. The number of rotatable bonds is 0. The molecule has 12 heavy (non-hydrogen) atoms. The van der Waals surface area contributed by atoms with Crippen LogP contribution < -0.4 is 16.6 Å². The van der Waals surface area contributed by atoms with Crippen molar-refractivity contribution >= 4 is 23.3 Å². The van der Waals surface area contributed by atoms with E-state index in [0.29, 0.717) is 12.2 Å². The van der Waals surface area contributed by atoms with Crippen LogP contribution in [0, 0.1) is 0 Å². The van der Waals surface area contributed by atoms with Crippen LogP contribution in [0.2, 0.25) is 0 Å². The summed E-state index contributed by atoms with van der Waals surface area (Å²) in [5, 5.41) is 1.64. The molecule has 4 nitrogen and oxygen atoms in total. The predicted molar refractivity (Wildman–Crippen MR) is 50.5 cm³/mol. The van der Waals surface area contributed by atoms with Gasteiger partial charge in [-0.15, -0.1) is 0 Å². The Morgan fingerprint density at radius 3 is 3.08 bits per heavy atom. The number of nitrogen functional groups attached to an aromatic ring is 1. The number of aliphatic imine (C=N–C) groups is 1. The van der Waals surface area contributed by atoms with E-state index in [4.69, 9.17) is 11.6 Å². The zero-order valence-corrected chi connectivity index (χ0v) is 6.57. The maximum atomic E-state index is 5.70. The maximum Gasteiger partial charge on any atom is 0.0894 e. The third-order valence-corrected chi connectivity index (χ3v) is 1.82. The maximum absolute atomic E-state index is 5.70. The average Bonchev–Trinajstić information content (AvgIpc) is 2.04. The molecule has 4 N–H and O–H groups in total. The average molecular weight is 162 g/mol. The molecular formula is C8H10N4. The highest BCUT2D eigenvalue weighted by Crippen LogP contribution is 2.30. The molecule has 0 aliphatic carbocycles. The van der Waals surface area contributed by atoms with E-state index in [0.717, 1.165) is 11.4 Å². The van der Waals surface area contributed by atoms with Crippen LogP contribution in [0.3, 0.4) is 0 Å². The van der Waals surface area contributed by atoms with Crippen molar-refractivity contribution < 1.29 is 0 Å². The lowest BCUT2D eigenvalue weighted by molar-refractivity contribution is 0.958. The zero-order chi connectivity index (χ0) is 8.55. The zero-order valence-electron chi connectivity index (χ0n) is 6.57. The third-order valence-electron chi connectivity index (χ3n) is 1.82. The molecule has 4 heteroatoms. The van der Waals surface area contributed by atoms with Crippen molar-refractivity contribution in [1.29, 1.82) is 0 Å². The molecule has 1 heterocycles. The van der Waals surface area contributed by atoms with Crippen LogP contribution in [0.25, 0.3) is 0 Å². The monoisotopic (exact) mass is 162 g/mol. The minimum Gasteiger partial charge on any atom is -0.399 e. The fourth-order valence-electron chi connectivity index (χ4n) is 1.21. The van der Waals surface area contributed by atoms with Gasteiger partial charge in [-0.3, -0.25) is 4.99 Å². The van der Waals surface area contributed by atoms with Crippen LogP contribution in [0.4, 0.5) is 17.1 Å². The van der Waals surface area contributed by atoms with E-state index in [9.17, 15) is 0 Å². The molecule has 0 saturated carbocycles. The summed E-state index contributed by atoms with van der Waals surface area (Å²) in [5.41, 5.74) is 8.06. The smallest absolute Gasteiger partial charge is 0.0894 e. The number of hydrogen-bond acceptors (Lipinski definition) is 4. The van der Waals surface area contributed by atoms with Crippen molar-refractivity contribution in [3.05, 3.63) is 18.2 Å². The molecule has 0 fully saturated rings. The fraction of sp³-hybridized carbons (Fsp3) is 0.125. The predicted octanol–water partition coefficient (Wildman–Crippen LogP) is 0.665. The fourth-order valence-corrected chi connectivity index (χ4v) is 1.21. The summed E-state index contributed by atoms with van der Waals surface area (Å²) in [7, 11) is 0. The van der Waals surface area contributed by atoms with Gasteiger partial charge in [0.1, 0.15) is 0 Å². The standard InChI is InChI=1S/C8H10N4/c9-6-1-2-8-7(5-6)11-3-4-12(8)10/h1-3,5H,4,9-10H2. The number of nitrogens with zero attached hydrogens (tertiary/aromatic N) is 2. The van der Waals surface area contributed by atoms with Crippen molar-refractivity contribution in [2.75, 3.05) is 17.3 Å². The molecule has 0 spiro atoms. The number of hydrogen-bond donors (Lipinski definition) is 2. The minimum atomic E-state index is 0.650. The number of benzene rings is 1. The largest absolute Gasteiger partial charge is 0.399 e. The van der Waals surface area contributed by atoms with Gasteiger partial charge in [0.15, 0.2) is 0 Å². The summed E-state index contributed by atoms with van der Waals surface area (Å²) in [6, 6.07) is 5.51. The van der Waals surface area contributed by atoms with E-state index in [2.05, 4.69) is 4.99 Å². The first-order chi connectivity index (χ1) is 5.77. The Morgan fingerprint density at radius 1 is 1.42 bits per heavy atom. The summed E-state index contributed by atoms with van der Waals surface area (Å²) >= 11 is 0. The van der Waals surface area contributed by atoms with Crippen molar-refractivity contribution in [3.8, 4) is 0 Å². The molecule has 2 rings (SSSR count). The molecule has 1 aromatic carbocycles. The van der Waals surface area contributed by atoms with Crippen molar-refractivity contribution in [3.63, 3.8) is 0 Å². The first-order valence-electron chi connectivity index (χ1n) is 3.71. The third kappa shape index (κ3) is 1.02. The lowest BCUT2D eigenvalue weighted by Crippen LogP contribution is -2.34. The van der Waals surface area contributed by atoms with E-state index in [1.54, 1.807) is 11.2 Å². The first-order valence-corrected chi connectivity index (χ1v) is 3.71. The molecule has 1 aromatic rings. The summed E-state index contributed by atoms with van der Waals surface area (Å²) in [5.74, 6) is 5.70. The van der Waals surface area contributed by atoms with Crippen LogP contribution in [-0.2, 0) is 0 Å². The highest BCUT2D eigenvalue weighted by molar-refractivity contribution is 5.82. The van der Waals surface area contributed by atoms with E-state index in [1.165, 1.54) is 0 Å². The van der Waals surface area contributed by atoms with Gasteiger partial charge in [-0.2, -0.15) is 0 Å². The van der Waals surface area contributed by atoms with Crippen LogP contribution in [0.15, 0.2) is 23.2 Å². The number of nitrogens with two attached hydrogens (primary N) is 2. The molecule has 1 aliphatic rings. The van der Waals surface area contributed by atoms with Crippen LogP contribution >= 0.6 is 0 Å². The van der Waals surface area contributed by atoms with Crippen LogP contribution in [0.1, 0.15) is 0 Å². The van der Waals surface area contributed by atoms with Crippen LogP contribution in [0.5, 0.6) is 0 Å². The Bertz CT molecular complexity index is 332. The summed E-state index contributed by atoms with van der Waals surface area (Å²) in [4.78, 5) is 4.18. The van der Waals surface area contributed by atoms with Gasteiger partial charge in [0.2, 0.25) is 0 Å². The Kier molecular flexibility index (Phi) is 1.48. The molecule has 0 bridgehead atoms. The second-order valence-electron chi connectivity index (χ2n) is 2.71. The van der Waals surface area contributed by atoms with E-state index >= 15 is 0 Å². The van der Waals surface area contributed by atoms with E-state index in [1.807, 2.05) is 18.2 Å². The highest BCUT2D eigenvalue weighted by Gasteiger charge is 2.09.